The molecule has 0 aliphatic rings. The van der Waals surface area contributed by atoms with E-state index in [2.05, 4.69) is 11.8 Å². The van der Waals surface area contributed by atoms with Gasteiger partial charge in [-0.25, -0.2) is 4.39 Å². The highest BCUT2D eigenvalue weighted by molar-refractivity contribution is 5.72. The predicted molar refractivity (Wildman–Crippen MR) is 56.6 cm³/mol. The Hall–Kier alpha value is -2.62. The van der Waals surface area contributed by atoms with Crippen LogP contribution in [0.15, 0.2) is 12.1 Å². The minimum Gasteiger partial charge on any atom is -0.481 e. The van der Waals surface area contributed by atoms with Crippen molar-refractivity contribution in [1.82, 2.24) is 0 Å². The number of nitrogens with two attached hydrogens (primary N) is 1. The number of nitro benzene ring substituents is 1. The summed E-state index contributed by atoms with van der Waals surface area (Å²) in [6.07, 6.45) is -0.455. The molecule has 0 radical (unpaired) electrons. The quantitative estimate of drug-likeness (QED) is 0.348. The van der Waals surface area contributed by atoms with Crippen molar-refractivity contribution in [3.8, 4) is 11.8 Å². The standard InChI is InChI=1S/C10H7FN2O4/c11-7-4-6(2-1-3-9(14)15)10(12)8(5-7)13(16)17/h4-5H,3,12H2,(H,14,15). The van der Waals surface area contributed by atoms with Crippen LogP contribution in [-0.4, -0.2) is 16.0 Å². The number of carboxylic acid groups (broad SMARTS) is 1. The first-order valence-electron chi connectivity index (χ1n) is 4.36. The molecule has 0 heterocycles. The van der Waals surface area contributed by atoms with E-state index in [9.17, 15) is 19.3 Å². The number of carboxylic acids is 1. The lowest BCUT2D eigenvalue weighted by molar-refractivity contribution is -0.384. The number of anilines is 1. The number of carbonyl (C=O) groups is 1. The molecule has 1 aromatic carbocycles. The van der Waals surface area contributed by atoms with Gasteiger partial charge in [0.15, 0.2) is 0 Å². The largest absolute Gasteiger partial charge is 0.481 e. The number of hydrogen-bond donors (Lipinski definition) is 2. The molecule has 1 aromatic rings. The van der Waals surface area contributed by atoms with Crippen LogP contribution in [0, 0.1) is 27.8 Å². The highest BCUT2D eigenvalue weighted by atomic mass is 19.1. The average molecular weight is 238 g/mol. The van der Waals surface area contributed by atoms with E-state index in [0.717, 1.165) is 6.07 Å². The van der Waals surface area contributed by atoms with Crippen LogP contribution in [0.3, 0.4) is 0 Å². The molecule has 0 amide bonds. The third kappa shape index (κ3) is 3.17. The Bertz CT molecular complexity index is 545. The van der Waals surface area contributed by atoms with Crippen molar-refractivity contribution in [3.63, 3.8) is 0 Å². The summed E-state index contributed by atoms with van der Waals surface area (Å²) < 4.78 is 13.0. The molecule has 0 unspecified atom stereocenters. The monoisotopic (exact) mass is 238 g/mol. The summed E-state index contributed by atoms with van der Waals surface area (Å²) in [4.78, 5) is 19.9. The highest BCUT2D eigenvalue weighted by Crippen LogP contribution is 2.25. The van der Waals surface area contributed by atoms with Gasteiger partial charge >= 0.3 is 5.97 Å². The van der Waals surface area contributed by atoms with Crippen molar-refractivity contribution in [3.05, 3.63) is 33.6 Å². The maximum Gasteiger partial charge on any atom is 0.315 e. The summed E-state index contributed by atoms with van der Waals surface area (Å²) >= 11 is 0. The van der Waals surface area contributed by atoms with Crippen LogP contribution >= 0.6 is 0 Å². The van der Waals surface area contributed by atoms with Gasteiger partial charge in [-0.15, -0.1) is 0 Å². The van der Waals surface area contributed by atoms with Crippen LogP contribution in [0.2, 0.25) is 0 Å². The molecule has 6 nitrogen and oxygen atoms in total. The lowest BCUT2D eigenvalue weighted by Crippen LogP contribution is -2.00. The van der Waals surface area contributed by atoms with E-state index in [4.69, 9.17) is 10.8 Å². The number of hydrogen-bond acceptors (Lipinski definition) is 4. The number of halogens is 1. The molecule has 3 N–H and O–H groups in total. The molecule has 0 aromatic heterocycles. The van der Waals surface area contributed by atoms with E-state index in [1.807, 2.05) is 0 Å². The molecule has 0 saturated carbocycles. The Morgan fingerprint density at radius 2 is 2.24 bits per heavy atom. The van der Waals surface area contributed by atoms with Gasteiger partial charge in [-0.3, -0.25) is 14.9 Å². The molecular weight excluding hydrogens is 231 g/mol. The van der Waals surface area contributed by atoms with Crippen LogP contribution < -0.4 is 5.73 Å². The first-order chi connectivity index (χ1) is 7.91. The molecule has 88 valence electrons. The lowest BCUT2D eigenvalue weighted by atomic mass is 10.1. The number of aliphatic carboxylic acids is 1. The normalized spacial score (nSPS) is 9.24. The number of nitrogen functional groups attached to an aromatic ring is 1. The van der Waals surface area contributed by atoms with Crippen molar-refractivity contribution in [1.29, 1.82) is 0 Å². The predicted octanol–water partition coefficient (Wildman–Crippen LogP) is 1.14. The van der Waals surface area contributed by atoms with Gasteiger partial charge in [0, 0.05) is 0 Å². The van der Waals surface area contributed by atoms with Crippen molar-refractivity contribution in [2.75, 3.05) is 5.73 Å². The summed E-state index contributed by atoms with van der Waals surface area (Å²) in [6.45, 7) is 0. The molecule has 0 saturated heterocycles. The van der Waals surface area contributed by atoms with E-state index in [-0.39, 0.29) is 11.3 Å². The van der Waals surface area contributed by atoms with Crippen molar-refractivity contribution in [2.24, 2.45) is 0 Å². The van der Waals surface area contributed by atoms with Crippen molar-refractivity contribution >= 4 is 17.3 Å². The molecule has 17 heavy (non-hydrogen) atoms. The second-order valence-electron chi connectivity index (χ2n) is 3.02. The van der Waals surface area contributed by atoms with Gasteiger partial charge in [0.05, 0.1) is 16.6 Å². The van der Waals surface area contributed by atoms with E-state index in [1.54, 1.807) is 0 Å². The zero-order chi connectivity index (χ0) is 13.0. The van der Waals surface area contributed by atoms with Crippen molar-refractivity contribution < 1.29 is 19.2 Å². The van der Waals surface area contributed by atoms with Gasteiger partial charge in [-0.05, 0) is 6.07 Å². The Morgan fingerprint density at radius 1 is 1.59 bits per heavy atom. The maximum absolute atomic E-state index is 13.0. The molecule has 0 fully saturated rings. The van der Waals surface area contributed by atoms with E-state index in [0.29, 0.717) is 6.07 Å². The third-order valence-corrected chi connectivity index (χ3v) is 1.78. The second-order valence-corrected chi connectivity index (χ2v) is 3.02. The molecule has 0 spiro atoms. The van der Waals surface area contributed by atoms with Gasteiger partial charge < -0.3 is 10.8 Å². The molecule has 0 aliphatic carbocycles. The number of benzene rings is 1. The third-order valence-electron chi connectivity index (χ3n) is 1.78. The van der Waals surface area contributed by atoms with Gasteiger partial charge in [0.2, 0.25) is 0 Å². The Morgan fingerprint density at radius 3 is 2.76 bits per heavy atom. The zero-order valence-electron chi connectivity index (χ0n) is 8.44. The molecule has 0 aliphatic heterocycles. The summed E-state index contributed by atoms with van der Waals surface area (Å²) in [7, 11) is 0. The van der Waals surface area contributed by atoms with Gasteiger partial charge in [0.25, 0.3) is 5.69 Å². The van der Waals surface area contributed by atoms with Gasteiger partial charge in [0.1, 0.15) is 17.9 Å². The summed E-state index contributed by atoms with van der Waals surface area (Å²) in [6, 6.07) is 1.59. The fraction of sp³-hybridized carbons (Fsp3) is 0.100. The fourth-order valence-electron chi connectivity index (χ4n) is 1.07. The second kappa shape index (κ2) is 4.94. The highest BCUT2D eigenvalue weighted by Gasteiger charge is 2.16. The summed E-state index contributed by atoms with van der Waals surface area (Å²) in [5.41, 5.74) is 4.44. The summed E-state index contributed by atoms with van der Waals surface area (Å²) in [5.74, 6) is 2.49. The Balaban J connectivity index is 3.19. The lowest BCUT2D eigenvalue weighted by Gasteiger charge is -2.00. The molecule has 1 rings (SSSR count). The SMILES string of the molecule is Nc1c(C#CCC(=O)O)cc(F)cc1[N+](=O)[O-]. The van der Waals surface area contributed by atoms with E-state index >= 15 is 0 Å². The van der Waals surface area contributed by atoms with Crippen molar-refractivity contribution in [2.45, 2.75) is 6.42 Å². The fourth-order valence-corrected chi connectivity index (χ4v) is 1.07. The minimum atomic E-state index is -1.15. The molecule has 7 heteroatoms. The molecule has 0 atom stereocenters. The van der Waals surface area contributed by atoms with Crippen LogP contribution in [0.25, 0.3) is 0 Å². The maximum atomic E-state index is 13.0. The number of nitrogens with zero attached hydrogens (tertiary/aromatic N) is 1. The van der Waals surface area contributed by atoms with Crippen LogP contribution in [0.1, 0.15) is 12.0 Å². The molecule has 0 bridgehead atoms. The van der Waals surface area contributed by atoms with E-state index in [1.165, 1.54) is 0 Å². The van der Waals surface area contributed by atoms with Crippen LogP contribution in [-0.2, 0) is 4.79 Å². The topological polar surface area (TPSA) is 106 Å². The Labute approximate surface area is 95.0 Å². The number of rotatable bonds is 2. The Kier molecular flexibility index (Phi) is 3.62. The molecular formula is C10H7FN2O4. The van der Waals surface area contributed by atoms with Gasteiger partial charge in [-0.1, -0.05) is 11.8 Å². The number of nitro groups is 1. The zero-order valence-corrected chi connectivity index (χ0v) is 8.44. The van der Waals surface area contributed by atoms with E-state index < -0.39 is 28.8 Å². The smallest absolute Gasteiger partial charge is 0.315 e. The van der Waals surface area contributed by atoms with Gasteiger partial charge in [-0.2, -0.15) is 0 Å². The van der Waals surface area contributed by atoms with Crippen LogP contribution in [0.4, 0.5) is 15.8 Å². The average Bonchev–Trinajstić information content (AvgIpc) is 2.21. The summed E-state index contributed by atoms with van der Waals surface area (Å²) in [5, 5.41) is 18.9. The first kappa shape index (κ1) is 12.4. The van der Waals surface area contributed by atoms with Crippen LogP contribution in [0.5, 0.6) is 0 Å². The minimum absolute atomic E-state index is 0.0991. The first-order valence-corrected chi connectivity index (χ1v) is 4.36.